The van der Waals surface area contributed by atoms with Crippen molar-refractivity contribution in [1.82, 2.24) is 0 Å². The molecule has 0 spiro atoms. The minimum atomic E-state index is 0.175. The fourth-order valence-electron chi connectivity index (χ4n) is 4.31. The molecule has 0 fully saturated rings. The van der Waals surface area contributed by atoms with Gasteiger partial charge in [-0.15, -0.1) is 0 Å². The van der Waals surface area contributed by atoms with Crippen molar-refractivity contribution < 1.29 is 4.42 Å². The van der Waals surface area contributed by atoms with Gasteiger partial charge in [-0.2, -0.15) is 0 Å². The summed E-state index contributed by atoms with van der Waals surface area (Å²) in [7, 11) is 0. The van der Waals surface area contributed by atoms with Gasteiger partial charge in [0.05, 0.1) is 0 Å². The lowest BCUT2D eigenvalue weighted by Gasteiger charge is -2.04. The zero-order valence-corrected chi connectivity index (χ0v) is 18.8. The van der Waals surface area contributed by atoms with Crippen molar-refractivity contribution >= 4 is 50.6 Å². The van der Waals surface area contributed by atoms with E-state index in [4.69, 9.17) is 14.8 Å². The summed E-state index contributed by atoms with van der Waals surface area (Å²) in [5, 5.41) is 13.0. The average Bonchev–Trinajstić information content (AvgIpc) is 3.31. The normalized spacial score (nSPS) is 12.2. The van der Waals surface area contributed by atoms with Crippen molar-refractivity contribution in [3.63, 3.8) is 0 Å². The van der Waals surface area contributed by atoms with Crippen molar-refractivity contribution in [2.24, 2.45) is 9.98 Å². The molecule has 0 aliphatic carbocycles. The molecule has 4 nitrogen and oxygen atoms in total. The first-order valence-corrected chi connectivity index (χ1v) is 11.4. The van der Waals surface area contributed by atoms with Gasteiger partial charge in [0, 0.05) is 28.1 Å². The van der Waals surface area contributed by atoms with E-state index in [2.05, 4.69) is 35.3 Å². The second kappa shape index (κ2) is 8.84. The van der Waals surface area contributed by atoms with Crippen LogP contribution in [-0.4, -0.2) is 17.9 Å². The zero-order chi connectivity index (χ0) is 23.6. The molecule has 6 rings (SSSR count). The van der Waals surface area contributed by atoms with Gasteiger partial charge in [0.2, 0.25) is 0 Å². The molecule has 0 amide bonds. The highest BCUT2D eigenvalue weighted by Crippen LogP contribution is 2.34. The Labute approximate surface area is 202 Å². The van der Waals surface area contributed by atoms with Crippen LogP contribution in [0, 0.1) is 5.41 Å². The Morgan fingerprint density at radius 1 is 0.657 bits per heavy atom. The lowest BCUT2D eigenvalue weighted by Crippen LogP contribution is -2.04. The minimum absolute atomic E-state index is 0.175. The van der Waals surface area contributed by atoms with Gasteiger partial charge in [0.25, 0.3) is 0 Å². The van der Waals surface area contributed by atoms with Gasteiger partial charge >= 0.3 is 0 Å². The van der Waals surface area contributed by atoms with E-state index in [1.807, 2.05) is 84.9 Å². The lowest BCUT2D eigenvalue weighted by molar-refractivity contribution is 0.669. The van der Waals surface area contributed by atoms with Crippen LogP contribution >= 0.6 is 0 Å². The number of aliphatic imine (C=N–C) groups is 2. The number of rotatable bonds is 3. The quantitative estimate of drug-likeness (QED) is 0.218. The Morgan fingerprint density at radius 2 is 1.37 bits per heavy atom. The standard InChI is InChI=1S/C31H21N3O/c32-30(22-9-3-1-4-10-22)34-31(23-11-5-2-6-12-23)33-20-21-15-17-25-24(19-21)16-18-28-29(25)26-13-7-8-14-27(26)35-28/h1-20,32H. The molecule has 0 atom stereocenters. The summed E-state index contributed by atoms with van der Waals surface area (Å²) in [5.41, 5.74) is 4.35. The summed E-state index contributed by atoms with van der Waals surface area (Å²) in [6, 6.07) is 37.8. The maximum Gasteiger partial charge on any atom is 0.161 e. The summed E-state index contributed by atoms with van der Waals surface area (Å²) in [4.78, 5) is 9.26. The first-order chi connectivity index (χ1) is 17.3. The van der Waals surface area contributed by atoms with E-state index in [0.717, 1.165) is 49.4 Å². The zero-order valence-electron chi connectivity index (χ0n) is 18.8. The fraction of sp³-hybridized carbons (Fsp3) is 0. The van der Waals surface area contributed by atoms with E-state index in [1.165, 1.54) is 0 Å². The van der Waals surface area contributed by atoms with Gasteiger partial charge in [0.1, 0.15) is 11.2 Å². The van der Waals surface area contributed by atoms with Crippen LogP contribution in [-0.2, 0) is 0 Å². The molecule has 0 bridgehead atoms. The largest absolute Gasteiger partial charge is 0.456 e. The number of hydrogen-bond donors (Lipinski definition) is 1. The molecule has 0 saturated carbocycles. The van der Waals surface area contributed by atoms with Gasteiger partial charge in [0.15, 0.2) is 11.7 Å². The van der Waals surface area contributed by atoms with Crippen LogP contribution in [0.1, 0.15) is 16.7 Å². The summed E-state index contributed by atoms with van der Waals surface area (Å²) in [6.45, 7) is 0. The van der Waals surface area contributed by atoms with Crippen LogP contribution in [0.25, 0.3) is 32.7 Å². The first kappa shape index (κ1) is 20.8. The highest BCUT2D eigenvalue weighted by Gasteiger charge is 2.10. The molecule has 1 heterocycles. The van der Waals surface area contributed by atoms with Crippen LogP contribution in [0.15, 0.2) is 130 Å². The predicted molar refractivity (Wildman–Crippen MR) is 145 cm³/mol. The highest BCUT2D eigenvalue weighted by molar-refractivity contribution is 6.19. The topological polar surface area (TPSA) is 61.7 Å². The molecule has 4 heteroatoms. The van der Waals surface area contributed by atoms with Gasteiger partial charge < -0.3 is 4.42 Å². The Bertz CT molecular complexity index is 1750. The maximum absolute atomic E-state index is 8.46. The first-order valence-electron chi connectivity index (χ1n) is 11.4. The van der Waals surface area contributed by atoms with Gasteiger partial charge in [-0.3, -0.25) is 5.41 Å². The molecule has 0 aliphatic heterocycles. The molecule has 5 aromatic carbocycles. The molecular formula is C31H21N3O. The third kappa shape index (κ3) is 4.02. The molecule has 0 unspecified atom stereocenters. The molecule has 1 aromatic heterocycles. The average molecular weight is 452 g/mol. The van der Waals surface area contributed by atoms with E-state index < -0.39 is 0 Å². The van der Waals surface area contributed by atoms with E-state index in [9.17, 15) is 0 Å². The van der Waals surface area contributed by atoms with Crippen molar-refractivity contribution in [3.8, 4) is 0 Å². The molecular weight excluding hydrogens is 430 g/mol. The number of benzene rings is 5. The number of nitrogens with zero attached hydrogens (tertiary/aromatic N) is 2. The highest BCUT2D eigenvalue weighted by atomic mass is 16.3. The van der Waals surface area contributed by atoms with E-state index in [0.29, 0.717) is 5.84 Å². The van der Waals surface area contributed by atoms with Crippen molar-refractivity contribution in [3.05, 3.63) is 132 Å². The summed E-state index contributed by atoms with van der Waals surface area (Å²) < 4.78 is 6.03. The van der Waals surface area contributed by atoms with Crippen molar-refractivity contribution in [2.75, 3.05) is 0 Å². The van der Waals surface area contributed by atoms with Gasteiger partial charge in [-0.25, -0.2) is 9.98 Å². The van der Waals surface area contributed by atoms with Gasteiger partial charge in [-0.1, -0.05) is 97.1 Å². The van der Waals surface area contributed by atoms with E-state index in [1.54, 1.807) is 6.21 Å². The number of furan rings is 1. The van der Waals surface area contributed by atoms with Crippen LogP contribution in [0.5, 0.6) is 0 Å². The SMILES string of the molecule is N=C(N=C(N=Cc1ccc2c(ccc3oc4ccccc4c32)c1)c1ccccc1)c1ccccc1. The molecule has 0 aliphatic rings. The van der Waals surface area contributed by atoms with E-state index >= 15 is 0 Å². The smallest absolute Gasteiger partial charge is 0.161 e. The van der Waals surface area contributed by atoms with Crippen molar-refractivity contribution in [2.45, 2.75) is 0 Å². The molecule has 0 saturated heterocycles. The second-order valence-electron chi connectivity index (χ2n) is 8.29. The third-order valence-electron chi connectivity index (χ3n) is 6.01. The predicted octanol–water partition coefficient (Wildman–Crippen LogP) is 7.63. The Kier molecular flexibility index (Phi) is 5.24. The third-order valence-corrected chi connectivity index (χ3v) is 6.01. The lowest BCUT2D eigenvalue weighted by atomic mass is 10.0. The monoisotopic (exact) mass is 451 g/mol. The van der Waals surface area contributed by atoms with Crippen molar-refractivity contribution in [1.29, 1.82) is 5.41 Å². The maximum atomic E-state index is 8.46. The summed E-state index contributed by atoms with van der Waals surface area (Å²) in [6.07, 6.45) is 1.81. The molecule has 166 valence electrons. The number of amidine groups is 2. The summed E-state index contributed by atoms with van der Waals surface area (Å²) >= 11 is 0. The summed E-state index contributed by atoms with van der Waals surface area (Å²) in [5.74, 6) is 0.671. The Balaban J connectivity index is 1.40. The number of hydrogen-bond acceptors (Lipinski definition) is 2. The molecule has 35 heavy (non-hydrogen) atoms. The molecule has 6 aromatic rings. The van der Waals surface area contributed by atoms with Crippen LogP contribution in [0.2, 0.25) is 0 Å². The fourth-order valence-corrected chi connectivity index (χ4v) is 4.31. The van der Waals surface area contributed by atoms with E-state index in [-0.39, 0.29) is 5.84 Å². The Morgan fingerprint density at radius 3 is 2.17 bits per heavy atom. The second-order valence-corrected chi connectivity index (χ2v) is 8.29. The Hall–Kier alpha value is -4.83. The molecule has 0 radical (unpaired) electrons. The number of fused-ring (bicyclic) bond motifs is 5. The number of nitrogens with one attached hydrogen (secondary N) is 1. The van der Waals surface area contributed by atoms with Crippen LogP contribution in [0.3, 0.4) is 0 Å². The minimum Gasteiger partial charge on any atom is -0.456 e. The van der Waals surface area contributed by atoms with Crippen LogP contribution in [0.4, 0.5) is 0 Å². The molecule has 1 N–H and O–H groups in total. The van der Waals surface area contributed by atoms with Gasteiger partial charge in [-0.05, 0) is 34.5 Å². The number of para-hydroxylation sites is 1. The van der Waals surface area contributed by atoms with Crippen LogP contribution < -0.4 is 0 Å².